The standard InChI is InChI=1S/C14H13ClN6O/c1-9-12-2-3-17-20(12)5-4-19(9)14(22)11-6-13-16-7-10(15)8-21(13)18-11/h2-3,6-9H,4-5H2,1H3. The molecule has 0 aliphatic carbocycles. The third-order valence-corrected chi connectivity index (χ3v) is 4.15. The van der Waals surface area contributed by atoms with Crippen LogP contribution in [0.3, 0.4) is 0 Å². The third kappa shape index (κ3) is 1.97. The number of carbonyl (C=O) groups is 1. The van der Waals surface area contributed by atoms with Gasteiger partial charge in [-0.1, -0.05) is 11.6 Å². The number of fused-ring (bicyclic) bond motifs is 2. The second kappa shape index (κ2) is 4.81. The molecule has 0 saturated carbocycles. The highest BCUT2D eigenvalue weighted by Crippen LogP contribution is 2.25. The zero-order valence-corrected chi connectivity index (χ0v) is 12.6. The van der Waals surface area contributed by atoms with Crippen molar-refractivity contribution < 1.29 is 4.79 Å². The molecule has 1 atom stereocenters. The maximum atomic E-state index is 12.8. The number of carbonyl (C=O) groups excluding carboxylic acids is 1. The number of nitrogens with zero attached hydrogens (tertiary/aromatic N) is 6. The average molecular weight is 317 g/mol. The Morgan fingerprint density at radius 1 is 1.41 bits per heavy atom. The van der Waals surface area contributed by atoms with Gasteiger partial charge in [0.2, 0.25) is 0 Å². The van der Waals surface area contributed by atoms with Crippen LogP contribution in [0.5, 0.6) is 0 Å². The molecule has 0 bridgehead atoms. The Bertz CT molecular complexity index is 869. The Kier molecular flexibility index (Phi) is 2.90. The minimum absolute atomic E-state index is 0.0369. The van der Waals surface area contributed by atoms with Gasteiger partial charge in [0.05, 0.1) is 29.5 Å². The summed E-state index contributed by atoms with van der Waals surface area (Å²) in [7, 11) is 0. The molecule has 22 heavy (non-hydrogen) atoms. The lowest BCUT2D eigenvalue weighted by atomic mass is 10.1. The van der Waals surface area contributed by atoms with Crippen molar-refractivity contribution in [3.05, 3.63) is 47.1 Å². The van der Waals surface area contributed by atoms with Gasteiger partial charge >= 0.3 is 0 Å². The molecule has 0 aromatic carbocycles. The molecule has 0 radical (unpaired) electrons. The van der Waals surface area contributed by atoms with E-state index in [4.69, 9.17) is 11.6 Å². The van der Waals surface area contributed by atoms with Crippen molar-refractivity contribution in [2.75, 3.05) is 6.54 Å². The smallest absolute Gasteiger partial charge is 0.275 e. The Balaban J connectivity index is 1.68. The van der Waals surface area contributed by atoms with E-state index in [1.54, 1.807) is 23.4 Å². The van der Waals surface area contributed by atoms with E-state index in [9.17, 15) is 4.79 Å². The van der Waals surface area contributed by atoms with Crippen LogP contribution in [0.1, 0.15) is 29.1 Å². The fourth-order valence-electron chi connectivity index (χ4n) is 2.82. The van der Waals surface area contributed by atoms with E-state index < -0.39 is 0 Å². The van der Waals surface area contributed by atoms with Crippen LogP contribution >= 0.6 is 11.6 Å². The first-order chi connectivity index (χ1) is 10.6. The third-order valence-electron chi connectivity index (χ3n) is 3.96. The lowest BCUT2D eigenvalue weighted by molar-refractivity contribution is 0.0630. The molecular weight excluding hydrogens is 304 g/mol. The normalized spacial score (nSPS) is 17.7. The summed E-state index contributed by atoms with van der Waals surface area (Å²) in [4.78, 5) is 18.7. The average Bonchev–Trinajstić information content (AvgIpc) is 3.12. The molecule has 4 rings (SSSR count). The van der Waals surface area contributed by atoms with Crippen LogP contribution in [0.25, 0.3) is 5.65 Å². The van der Waals surface area contributed by atoms with Crippen molar-refractivity contribution in [2.45, 2.75) is 19.5 Å². The van der Waals surface area contributed by atoms with Gasteiger partial charge in [0.1, 0.15) is 0 Å². The van der Waals surface area contributed by atoms with Crippen LogP contribution in [0.2, 0.25) is 5.02 Å². The topological polar surface area (TPSA) is 68.3 Å². The van der Waals surface area contributed by atoms with Crippen LogP contribution in [0.15, 0.2) is 30.7 Å². The summed E-state index contributed by atoms with van der Waals surface area (Å²) in [6.45, 7) is 3.29. The highest BCUT2D eigenvalue weighted by molar-refractivity contribution is 6.30. The van der Waals surface area contributed by atoms with E-state index in [1.165, 1.54) is 10.7 Å². The highest BCUT2D eigenvalue weighted by atomic mass is 35.5. The second-order valence-corrected chi connectivity index (χ2v) is 5.69. The fourth-order valence-corrected chi connectivity index (χ4v) is 2.96. The van der Waals surface area contributed by atoms with E-state index in [2.05, 4.69) is 15.2 Å². The minimum Gasteiger partial charge on any atom is -0.327 e. The van der Waals surface area contributed by atoms with Crippen LogP contribution in [-0.4, -0.2) is 41.7 Å². The maximum absolute atomic E-state index is 12.8. The number of halogens is 1. The maximum Gasteiger partial charge on any atom is 0.275 e. The molecule has 3 aromatic rings. The molecule has 3 aromatic heterocycles. The molecule has 1 aliphatic rings. The molecule has 112 valence electrons. The van der Waals surface area contributed by atoms with Crippen molar-refractivity contribution in [2.24, 2.45) is 0 Å². The van der Waals surface area contributed by atoms with Gasteiger partial charge in [-0.15, -0.1) is 0 Å². The van der Waals surface area contributed by atoms with Crippen molar-refractivity contribution in [1.82, 2.24) is 29.3 Å². The Hall–Kier alpha value is -2.41. The zero-order valence-electron chi connectivity index (χ0n) is 11.8. The van der Waals surface area contributed by atoms with Gasteiger partial charge in [0, 0.05) is 25.0 Å². The van der Waals surface area contributed by atoms with E-state index >= 15 is 0 Å². The predicted octanol–water partition coefficient (Wildman–Crippen LogP) is 1.80. The first kappa shape index (κ1) is 13.3. The van der Waals surface area contributed by atoms with Gasteiger partial charge in [0.25, 0.3) is 5.91 Å². The fraction of sp³-hybridized carbons (Fsp3) is 0.286. The summed E-state index contributed by atoms with van der Waals surface area (Å²) in [5, 5.41) is 9.01. The van der Waals surface area contributed by atoms with Crippen molar-refractivity contribution in [1.29, 1.82) is 0 Å². The van der Waals surface area contributed by atoms with Crippen molar-refractivity contribution in [3.63, 3.8) is 0 Å². The largest absolute Gasteiger partial charge is 0.327 e. The van der Waals surface area contributed by atoms with Gasteiger partial charge in [-0.3, -0.25) is 9.48 Å². The number of aromatic nitrogens is 5. The summed E-state index contributed by atoms with van der Waals surface area (Å²) < 4.78 is 3.45. The van der Waals surface area contributed by atoms with Crippen molar-refractivity contribution in [3.8, 4) is 0 Å². The van der Waals surface area contributed by atoms with Crippen LogP contribution in [-0.2, 0) is 6.54 Å². The van der Waals surface area contributed by atoms with Gasteiger partial charge in [0.15, 0.2) is 11.3 Å². The van der Waals surface area contributed by atoms with Gasteiger partial charge < -0.3 is 4.90 Å². The lowest BCUT2D eigenvalue weighted by Gasteiger charge is -2.33. The van der Waals surface area contributed by atoms with Gasteiger partial charge in [-0.25, -0.2) is 9.50 Å². The van der Waals surface area contributed by atoms with Crippen LogP contribution < -0.4 is 0 Å². The molecule has 1 aliphatic heterocycles. The van der Waals surface area contributed by atoms with Crippen molar-refractivity contribution >= 4 is 23.2 Å². The Labute approximate surface area is 131 Å². The molecular formula is C14H13ClN6O. The summed E-state index contributed by atoms with van der Waals surface area (Å²) >= 11 is 5.89. The number of hydrogen-bond donors (Lipinski definition) is 0. The van der Waals surface area contributed by atoms with Gasteiger partial charge in [-0.2, -0.15) is 10.2 Å². The Morgan fingerprint density at radius 3 is 3.14 bits per heavy atom. The summed E-state index contributed by atoms with van der Waals surface area (Å²) in [6, 6.07) is 3.58. The molecule has 4 heterocycles. The zero-order chi connectivity index (χ0) is 15.3. The summed E-state index contributed by atoms with van der Waals surface area (Å²) in [6.07, 6.45) is 4.93. The monoisotopic (exact) mass is 316 g/mol. The van der Waals surface area contributed by atoms with Gasteiger partial charge in [-0.05, 0) is 13.0 Å². The van der Waals surface area contributed by atoms with E-state index in [0.29, 0.717) is 29.5 Å². The minimum atomic E-state index is -0.110. The first-order valence-corrected chi connectivity index (χ1v) is 7.35. The number of rotatable bonds is 1. The molecule has 7 nitrogen and oxygen atoms in total. The molecule has 1 amide bonds. The summed E-state index contributed by atoms with van der Waals surface area (Å²) in [5.41, 5.74) is 2.00. The summed E-state index contributed by atoms with van der Waals surface area (Å²) in [5.74, 6) is -0.110. The van der Waals surface area contributed by atoms with E-state index in [-0.39, 0.29) is 11.9 Å². The number of amides is 1. The number of hydrogen-bond acceptors (Lipinski definition) is 4. The molecule has 0 N–H and O–H groups in total. The van der Waals surface area contributed by atoms with Crippen LogP contribution in [0.4, 0.5) is 0 Å². The lowest BCUT2D eigenvalue weighted by Crippen LogP contribution is -2.41. The highest BCUT2D eigenvalue weighted by Gasteiger charge is 2.30. The Morgan fingerprint density at radius 2 is 2.27 bits per heavy atom. The molecule has 0 fully saturated rings. The molecule has 0 spiro atoms. The predicted molar refractivity (Wildman–Crippen MR) is 79.7 cm³/mol. The molecule has 8 heteroatoms. The van der Waals surface area contributed by atoms with Crippen LogP contribution in [0, 0.1) is 0 Å². The molecule has 0 saturated heterocycles. The SMILES string of the molecule is CC1c2ccnn2CCN1C(=O)c1cc2ncc(Cl)cn2n1. The van der Waals surface area contributed by atoms with E-state index in [1.807, 2.05) is 17.7 Å². The quantitative estimate of drug-likeness (QED) is 0.686. The molecule has 1 unspecified atom stereocenters. The second-order valence-electron chi connectivity index (χ2n) is 5.26. The van der Waals surface area contributed by atoms with E-state index in [0.717, 1.165) is 5.69 Å². The first-order valence-electron chi connectivity index (χ1n) is 6.97.